The molecule has 0 spiro atoms. The van der Waals surface area contributed by atoms with Gasteiger partial charge in [-0.15, -0.1) is 0 Å². The van der Waals surface area contributed by atoms with E-state index >= 15 is 0 Å². The van der Waals surface area contributed by atoms with Crippen LogP contribution in [0.2, 0.25) is 0 Å². The van der Waals surface area contributed by atoms with Gasteiger partial charge in [0.1, 0.15) is 0 Å². The summed E-state index contributed by atoms with van der Waals surface area (Å²) in [6.45, 7) is -0.887. The molecule has 0 fully saturated rings. The van der Waals surface area contributed by atoms with Crippen molar-refractivity contribution in [2.45, 2.75) is 12.7 Å². The van der Waals surface area contributed by atoms with Crippen molar-refractivity contribution < 1.29 is 35.9 Å². The van der Waals surface area contributed by atoms with Gasteiger partial charge in [0, 0.05) is 6.54 Å². The quantitative estimate of drug-likeness (QED) is 0.526. The SMILES string of the molecule is O=C(CNC(=O)NCc1cccc(C(F)(F)F)c1)Nc1ccc(F)c(F)c1F. The maximum Gasteiger partial charge on any atom is 0.416 e. The molecule has 28 heavy (non-hydrogen) atoms. The van der Waals surface area contributed by atoms with E-state index in [9.17, 15) is 35.9 Å². The van der Waals surface area contributed by atoms with Crippen LogP contribution in [0.1, 0.15) is 11.1 Å². The monoisotopic (exact) mass is 405 g/mol. The molecular formula is C17H13F6N3O2. The van der Waals surface area contributed by atoms with Crippen molar-refractivity contribution in [1.82, 2.24) is 10.6 Å². The van der Waals surface area contributed by atoms with Crippen LogP contribution in [0.15, 0.2) is 36.4 Å². The van der Waals surface area contributed by atoms with Crippen LogP contribution in [0.5, 0.6) is 0 Å². The molecule has 0 saturated heterocycles. The molecule has 0 heterocycles. The molecule has 11 heteroatoms. The average molecular weight is 405 g/mol. The molecule has 5 nitrogen and oxygen atoms in total. The third-order valence-electron chi connectivity index (χ3n) is 3.43. The van der Waals surface area contributed by atoms with Gasteiger partial charge < -0.3 is 16.0 Å². The molecule has 150 valence electrons. The van der Waals surface area contributed by atoms with Gasteiger partial charge in [-0.2, -0.15) is 13.2 Å². The smallest absolute Gasteiger partial charge is 0.334 e. The maximum absolute atomic E-state index is 13.4. The van der Waals surface area contributed by atoms with Gasteiger partial charge in [0.2, 0.25) is 5.91 Å². The van der Waals surface area contributed by atoms with E-state index in [1.807, 2.05) is 5.32 Å². The number of benzene rings is 2. The summed E-state index contributed by atoms with van der Waals surface area (Å²) in [7, 11) is 0. The van der Waals surface area contributed by atoms with Gasteiger partial charge in [0.15, 0.2) is 17.5 Å². The lowest BCUT2D eigenvalue weighted by Gasteiger charge is -2.11. The zero-order valence-corrected chi connectivity index (χ0v) is 14.0. The molecule has 0 atom stereocenters. The summed E-state index contributed by atoms with van der Waals surface area (Å²) in [6, 6.07) is 4.83. The Morgan fingerprint density at radius 3 is 2.32 bits per heavy atom. The van der Waals surface area contributed by atoms with Gasteiger partial charge in [-0.3, -0.25) is 4.79 Å². The number of hydrogen-bond acceptors (Lipinski definition) is 2. The molecule has 0 bridgehead atoms. The fourth-order valence-electron chi connectivity index (χ4n) is 2.08. The van der Waals surface area contributed by atoms with E-state index in [1.165, 1.54) is 12.1 Å². The Hall–Kier alpha value is -3.24. The average Bonchev–Trinajstić information content (AvgIpc) is 2.65. The second kappa shape index (κ2) is 8.63. The Bertz CT molecular complexity index is 886. The first-order chi connectivity index (χ1) is 13.1. The van der Waals surface area contributed by atoms with Crippen LogP contribution in [0.3, 0.4) is 0 Å². The normalized spacial score (nSPS) is 11.1. The number of anilines is 1. The van der Waals surface area contributed by atoms with Crippen LogP contribution in [-0.2, 0) is 17.5 Å². The zero-order valence-electron chi connectivity index (χ0n) is 14.0. The minimum atomic E-state index is -4.52. The topological polar surface area (TPSA) is 70.2 Å². The van der Waals surface area contributed by atoms with Crippen LogP contribution >= 0.6 is 0 Å². The van der Waals surface area contributed by atoms with Gasteiger partial charge in [-0.05, 0) is 29.8 Å². The highest BCUT2D eigenvalue weighted by Gasteiger charge is 2.30. The van der Waals surface area contributed by atoms with E-state index in [4.69, 9.17) is 0 Å². The molecule has 0 unspecified atom stereocenters. The van der Waals surface area contributed by atoms with E-state index in [0.29, 0.717) is 6.07 Å². The van der Waals surface area contributed by atoms with Gasteiger partial charge >= 0.3 is 12.2 Å². The largest absolute Gasteiger partial charge is 0.416 e. The van der Waals surface area contributed by atoms with E-state index < -0.39 is 53.4 Å². The van der Waals surface area contributed by atoms with Crippen molar-refractivity contribution in [2.24, 2.45) is 0 Å². The number of carbonyl (C=O) groups excluding carboxylic acids is 2. The summed E-state index contributed by atoms with van der Waals surface area (Å²) in [5, 5.41) is 6.28. The van der Waals surface area contributed by atoms with Crippen LogP contribution in [-0.4, -0.2) is 18.5 Å². The second-order valence-corrected chi connectivity index (χ2v) is 5.51. The van der Waals surface area contributed by atoms with Gasteiger partial charge in [0.25, 0.3) is 0 Å². The summed E-state index contributed by atoms with van der Waals surface area (Å²) < 4.78 is 77.2. The predicted molar refractivity (Wildman–Crippen MR) is 86.6 cm³/mol. The first kappa shape index (κ1) is 21.1. The number of carbonyl (C=O) groups is 2. The lowest BCUT2D eigenvalue weighted by molar-refractivity contribution is -0.137. The number of urea groups is 1. The Morgan fingerprint density at radius 2 is 1.64 bits per heavy atom. The fourth-order valence-corrected chi connectivity index (χ4v) is 2.08. The summed E-state index contributed by atoms with van der Waals surface area (Å²) in [5.74, 6) is -5.71. The second-order valence-electron chi connectivity index (χ2n) is 5.51. The number of halogens is 6. The van der Waals surface area contributed by atoms with E-state index in [1.54, 1.807) is 0 Å². The molecule has 0 radical (unpaired) electrons. The van der Waals surface area contributed by atoms with Crippen LogP contribution in [0.4, 0.5) is 36.8 Å². The minimum absolute atomic E-state index is 0.179. The van der Waals surface area contributed by atoms with E-state index in [2.05, 4.69) is 10.6 Å². The maximum atomic E-state index is 13.4. The number of rotatable bonds is 5. The minimum Gasteiger partial charge on any atom is -0.334 e. The van der Waals surface area contributed by atoms with Crippen molar-refractivity contribution >= 4 is 17.6 Å². The predicted octanol–water partition coefficient (Wildman–Crippen LogP) is 3.56. The lowest BCUT2D eigenvalue weighted by Crippen LogP contribution is -2.39. The number of alkyl halides is 3. The molecule has 0 aliphatic heterocycles. The molecular weight excluding hydrogens is 392 g/mol. The standard InChI is InChI=1S/C17H13F6N3O2/c18-11-4-5-12(15(20)14(11)19)26-13(27)8-25-16(28)24-7-9-2-1-3-10(6-9)17(21,22)23/h1-6H,7-8H2,(H,26,27)(H2,24,25,28). The first-order valence-corrected chi connectivity index (χ1v) is 7.69. The fraction of sp³-hybridized carbons (Fsp3) is 0.176. The Labute approximate surface area is 154 Å². The molecule has 3 N–H and O–H groups in total. The molecule has 0 aromatic heterocycles. The van der Waals surface area contributed by atoms with Crippen molar-refractivity contribution in [2.75, 3.05) is 11.9 Å². The van der Waals surface area contributed by atoms with Crippen LogP contribution in [0, 0.1) is 17.5 Å². The molecule has 3 amide bonds. The molecule has 0 aliphatic rings. The Kier molecular flexibility index (Phi) is 6.49. The van der Waals surface area contributed by atoms with Crippen molar-refractivity contribution in [3.8, 4) is 0 Å². The van der Waals surface area contributed by atoms with E-state index in [0.717, 1.165) is 18.2 Å². The van der Waals surface area contributed by atoms with E-state index in [-0.39, 0.29) is 12.1 Å². The van der Waals surface area contributed by atoms with Crippen molar-refractivity contribution in [1.29, 1.82) is 0 Å². The molecule has 0 saturated carbocycles. The molecule has 2 aromatic rings. The van der Waals surface area contributed by atoms with Crippen LogP contribution < -0.4 is 16.0 Å². The van der Waals surface area contributed by atoms with Gasteiger partial charge in [-0.1, -0.05) is 12.1 Å². The summed E-state index contributed by atoms with van der Waals surface area (Å²) in [4.78, 5) is 23.2. The zero-order chi connectivity index (χ0) is 20.9. The third kappa shape index (κ3) is 5.63. The molecule has 2 aromatic carbocycles. The molecule has 0 aliphatic carbocycles. The number of amides is 3. The number of hydrogen-bond donors (Lipinski definition) is 3. The first-order valence-electron chi connectivity index (χ1n) is 7.69. The summed E-state index contributed by atoms with van der Waals surface area (Å²) in [5.41, 5.74) is -1.31. The lowest BCUT2D eigenvalue weighted by atomic mass is 10.1. The van der Waals surface area contributed by atoms with Crippen molar-refractivity contribution in [3.63, 3.8) is 0 Å². The van der Waals surface area contributed by atoms with Gasteiger partial charge in [0.05, 0.1) is 17.8 Å². The van der Waals surface area contributed by atoms with Crippen LogP contribution in [0.25, 0.3) is 0 Å². The third-order valence-corrected chi connectivity index (χ3v) is 3.43. The number of nitrogens with one attached hydrogen (secondary N) is 3. The highest BCUT2D eigenvalue weighted by Crippen LogP contribution is 2.29. The highest BCUT2D eigenvalue weighted by atomic mass is 19.4. The van der Waals surface area contributed by atoms with Gasteiger partial charge in [-0.25, -0.2) is 18.0 Å². The Balaban J connectivity index is 1.83. The van der Waals surface area contributed by atoms with Crippen molar-refractivity contribution in [3.05, 3.63) is 65.0 Å². The highest BCUT2D eigenvalue weighted by molar-refractivity contribution is 5.94. The Morgan fingerprint density at radius 1 is 0.929 bits per heavy atom. The molecule has 2 rings (SSSR count). The summed E-state index contributed by atoms with van der Waals surface area (Å²) in [6.07, 6.45) is -4.52. The summed E-state index contributed by atoms with van der Waals surface area (Å²) >= 11 is 0.